The van der Waals surface area contributed by atoms with Crippen molar-refractivity contribution < 1.29 is 32.2 Å². The first-order valence-corrected chi connectivity index (χ1v) is 12.2. The Morgan fingerprint density at radius 2 is 1.82 bits per heavy atom. The van der Waals surface area contributed by atoms with Gasteiger partial charge in [-0.05, 0) is 43.2 Å². The number of ether oxygens (including phenoxy) is 3. The summed E-state index contributed by atoms with van der Waals surface area (Å²) in [4.78, 5) is 24.0. The average Bonchev–Trinajstić information content (AvgIpc) is 2.83. The van der Waals surface area contributed by atoms with Gasteiger partial charge in [0.15, 0.2) is 6.61 Å². The molecule has 3 rings (SSSR count). The minimum Gasteiger partial charge on any atom is -0.482 e. The highest BCUT2D eigenvalue weighted by molar-refractivity contribution is 7.89. The number of nitrogens with zero attached hydrogens (tertiary/aromatic N) is 1. The molecule has 1 fully saturated rings. The van der Waals surface area contributed by atoms with E-state index in [1.54, 1.807) is 55.5 Å². The van der Waals surface area contributed by atoms with Crippen molar-refractivity contribution >= 4 is 27.6 Å². The lowest BCUT2D eigenvalue weighted by molar-refractivity contribution is -0.145. The van der Waals surface area contributed by atoms with Crippen molar-refractivity contribution in [2.45, 2.75) is 24.7 Å². The molecule has 0 atom stereocenters. The molecule has 1 amide bonds. The Bertz CT molecular complexity index is 1050. The first kappa shape index (κ1) is 24.7. The van der Waals surface area contributed by atoms with E-state index < -0.39 is 16.0 Å². The molecule has 10 heteroatoms. The number of esters is 1. The molecule has 0 aromatic heterocycles. The molecule has 1 N–H and O–H groups in total. The van der Waals surface area contributed by atoms with E-state index >= 15 is 0 Å². The molecule has 0 unspecified atom stereocenters. The smallest absolute Gasteiger partial charge is 0.344 e. The molecule has 178 valence electrons. The molecule has 1 heterocycles. The molecular weight excluding hydrogens is 448 g/mol. The van der Waals surface area contributed by atoms with E-state index in [1.807, 2.05) is 0 Å². The summed E-state index contributed by atoms with van der Waals surface area (Å²) in [6.45, 7) is 3.28. The number of carbonyl (C=O) groups is 2. The van der Waals surface area contributed by atoms with Crippen LogP contribution in [0.15, 0.2) is 53.4 Å². The van der Waals surface area contributed by atoms with E-state index in [9.17, 15) is 18.0 Å². The minimum atomic E-state index is -3.54. The number of sulfonamides is 1. The fourth-order valence-corrected chi connectivity index (χ4v) is 4.66. The third kappa shape index (κ3) is 7.28. The van der Waals surface area contributed by atoms with Crippen LogP contribution in [-0.4, -0.2) is 64.1 Å². The molecule has 0 saturated carbocycles. The van der Waals surface area contributed by atoms with Crippen molar-refractivity contribution in [3.05, 3.63) is 54.1 Å². The SMILES string of the molecule is CCOC(=O)COc1cccc(NC(=O)CCc2ccc(S(=O)(=O)N3CCOCC3)cc2)c1. The Labute approximate surface area is 193 Å². The number of anilines is 1. The highest BCUT2D eigenvalue weighted by atomic mass is 32.2. The average molecular weight is 477 g/mol. The Kier molecular flexibility index (Phi) is 8.81. The number of nitrogens with one attached hydrogen (secondary N) is 1. The Morgan fingerprint density at radius 3 is 2.52 bits per heavy atom. The normalized spacial score (nSPS) is 14.5. The Hall–Kier alpha value is -2.95. The molecule has 1 aliphatic heterocycles. The summed E-state index contributed by atoms with van der Waals surface area (Å²) >= 11 is 0. The Morgan fingerprint density at radius 1 is 1.09 bits per heavy atom. The predicted molar refractivity (Wildman–Crippen MR) is 122 cm³/mol. The number of aryl methyl sites for hydroxylation is 1. The van der Waals surface area contributed by atoms with Crippen LogP contribution in [0.1, 0.15) is 18.9 Å². The molecule has 33 heavy (non-hydrogen) atoms. The molecular formula is C23H28N2O7S. The maximum Gasteiger partial charge on any atom is 0.344 e. The van der Waals surface area contributed by atoms with Gasteiger partial charge >= 0.3 is 5.97 Å². The van der Waals surface area contributed by atoms with Crippen molar-refractivity contribution in [3.8, 4) is 5.75 Å². The Balaban J connectivity index is 1.50. The maximum atomic E-state index is 12.7. The zero-order valence-corrected chi connectivity index (χ0v) is 19.3. The zero-order valence-electron chi connectivity index (χ0n) is 18.5. The number of amides is 1. The van der Waals surface area contributed by atoms with E-state index in [-0.39, 0.29) is 30.4 Å². The third-order valence-corrected chi connectivity index (χ3v) is 6.86. The second-order valence-corrected chi connectivity index (χ2v) is 9.27. The second kappa shape index (κ2) is 11.8. The lowest BCUT2D eigenvalue weighted by Crippen LogP contribution is -2.40. The van der Waals surface area contributed by atoms with E-state index in [2.05, 4.69) is 5.32 Å². The summed E-state index contributed by atoms with van der Waals surface area (Å²) in [6, 6.07) is 13.3. The van der Waals surface area contributed by atoms with Gasteiger partial charge in [0.2, 0.25) is 15.9 Å². The highest BCUT2D eigenvalue weighted by Gasteiger charge is 2.26. The van der Waals surface area contributed by atoms with Crippen molar-refractivity contribution in [2.75, 3.05) is 44.8 Å². The summed E-state index contributed by atoms with van der Waals surface area (Å²) < 4.78 is 42.2. The molecule has 0 radical (unpaired) electrons. The number of carbonyl (C=O) groups excluding carboxylic acids is 2. The van der Waals surface area contributed by atoms with Crippen molar-refractivity contribution in [2.24, 2.45) is 0 Å². The standard InChI is InChI=1S/C23H28N2O7S/c1-2-31-23(27)17-32-20-5-3-4-19(16-20)24-22(26)11-8-18-6-9-21(10-7-18)33(28,29)25-12-14-30-15-13-25/h3-7,9-10,16H,2,8,11-15,17H2,1H3,(H,24,26). The van der Waals surface area contributed by atoms with Crippen LogP contribution in [0.5, 0.6) is 5.75 Å². The summed E-state index contributed by atoms with van der Waals surface area (Å²) in [5.41, 5.74) is 1.41. The van der Waals surface area contributed by atoms with Crippen LogP contribution in [0.3, 0.4) is 0 Å². The van der Waals surface area contributed by atoms with Crippen LogP contribution in [0.4, 0.5) is 5.69 Å². The highest BCUT2D eigenvalue weighted by Crippen LogP contribution is 2.20. The molecule has 9 nitrogen and oxygen atoms in total. The van der Waals surface area contributed by atoms with Gasteiger partial charge in [-0.15, -0.1) is 0 Å². The van der Waals surface area contributed by atoms with Crippen LogP contribution in [0.25, 0.3) is 0 Å². The van der Waals surface area contributed by atoms with Gasteiger partial charge in [0.25, 0.3) is 0 Å². The van der Waals surface area contributed by atoms with Crippen molar-refractivity contribution in [1.29, 1.82) is 0 Å². The fraction of sp³-hybridized carbons (Fsp3) is 0.391. The fourth-order valence-electron chi connectivity index (χ4n) is 3.25. The lowest BCUT2D eigenvalue weighted by Gasteiger charge is -2.26. The topological polar surface area (TPSA) is 111 Å². The number of benzene rings is 2. The van der Waals surface area contributed by atoms with Crippen LogP contribution in [0.2, 0.25) is 0 Å². The van der Waals surface area contributed by atoms with Gasteiger partial charge in [-0.3, -0.25) is 4.79 Å². The maximum absolute atomic E-state index is 12.7. The molecule has 1 saturated heterocycles. The van der Waals surface area contributed by atoms with E-state index in [0.29, 0.717) is 44.2 Å². The van der Waals surface area contributed by atoms with Gasteiger partial charge in [0.05, 0.1) is 24.7 Å². The van der Waals surface area contributed by atoms with Crippen LogP contribution in [0, 0.1) is 0 Å². The quantitative estimate of drug-likeness (QED) is 0.524. The van der Waals surface area contributed by atoms with E-state index in [0.717, 1.165) is 5.56 Å². The zero-order chi connectivity index (χ0) is 23.7. The second-order valence-electron chi connectivity index (χ2n) is 7.33. The van der Waals surface area contributed by atoms with Gasteiger partial charge in [-0.2, -0.15) is 4.31 Å². The van der Waals surface area contributed by atoms with Crippen LogP contribution >= 0.6 is 0 Å². The van der Waals surface area contributed by atoms with Gasteiger partial charge in [0.1, 0.15) is 5.75 Å². The summed E-state index contributed by atoms with van der Waals surface area (Å²) in [5, 5.41) is 2.79. The lowest BCUT2D eigenvalue weighted by atomic mass is 10.1. The number of hydrogen-bond donors (Lipinski definition) is 1. The first-order valence-electron chi connectivity index (χ1n) is 10.7. The molecule has 1 aliphatic rings. The first-order chi connectivity index (χ1) is 15.9. The molecule has 0 bridgehead atoms. The molecule has 2 aromatic carbocycles. The molecule has 0 aliphatic carbocycles. The predicted octanol–water partition coefficient (Wildman–Crippen LogP) is 2.22. The van der Waals surface area contributed by atoms with Crippen LogP contribution < -0.4 is 10.1 Å². The van der Waals surface area contributed by atoms with E-state index in [4.69, 9.17) is 14.2 Å². The number of rotatable bonds is 10. The van der Waals surface area contributed by atoms with Gasteiger partial charge in [-0.1, -0.05) is 18.2 Å². The summed E-state index contributed by atoms with van der Waals surface area (Å²) in [7, 11) is -3.54. The third-order valence-electron chi connectivity index (χ3n) is 4.95. The van der Waals surface area contributed by atoms with Gasteiger partial charge in [-0.25, -0.2) is 13.2 Å². The van der Waals surface area contributed by atoms with Crippen molar-refractivity contribution in [1.82, 2.24) is 4.31 Å². The van der Waals surface area contributed by atoms with Gasteiger partial charge in [0, 0.05) is 31.3 Å². The van der Waals surface area contributed by atoms with E-state index in [1.165, 1.54) is 4.31 Å². The number of hydrogen-bond acceptors (Lipinski definition) is 7. The summed E-state index contributed by atoms with van der Waals surface area (Å²) in [5.74, 6) is -0.212. The largest absolute Gasteiger partial charge is 0.482 e. The minimum absolute atomic E-state index is 0.192. The summed E-state index contributed by atoms with van der Waals surface area (Å²) in [6.07, 6.45) is 0.687. The molecule has 2 aromatic rings. The number of morpholine rings is 1. The van der Waals surface area contributed by atoms with Crippen molar-refractivity contribution in [3.63, 3.8) is 0 Å². The van der Waals surface area contributed by atoms with Gasteiger partial charge < -0.3 is 19.5 Å². The van der Waals surface area contributed by atoms with Crippen LogP contribution in [-0.2, 0) is 35.5 Å². The molecule has 0 spiro atoms. The monoisotopic (exact) mass is 476 g/mol.